The molecule has 1 aromatic rings. The van der Waals surface area contributed by atoms with Gasteiger partial charge in [0.15, 0.2) is 0 Å². The molecular weight excluding hydrogens is 354 g/mol. The number of carbonyl (C=O) groups is 3. The average Bonchev–Trinajstić information content (AvgIpc) is 2.65. The van der Waals surface area contributed by atoms with Crippen molar-refractivity contribution in [3.8, 4) is 0 Å². The van der Waals surface area contributed by atoms with Gasteiger partial charge in [-0.3, -0.25) is 20.3 Å². The summed E-state index contributed by atoms with van der Waals surface area (Å²) >= 11 is 0. The van der Waals surface area contributed by atoms with Gasteiger partial charge >= 0.3 is 18.0 Å². The first kappa shape index (κ1) is 21.9. The van der Waals surface area contributed by atoms with E-state index in [1.165, 1.54) is 19.1 Å². The van der Waals surface area contributed by atoms with E-state index in [9.17, 15) is 14.4 Å². The third-order valence-corrected chi connectivity index (χ3v) is 3.42. The van der Waals surface area contributed by atoms with Crippen molar-refractivity contribution in [3.63, 3.8) is 0 Å². The second kappa shape index (κ2) is 12.3. The molecule has 0 saturated heterocycles. The fourth-order valence-corrected chi connectivity index (χ4v) is 1.93. The van der Waals surface area contributed by atoms with E-state index in [-0.39, 0.29) is 38.1 Å². The molecule has 0 fully saturated rings. The summed E-state index contributed by atoms with van der Waals surface area (Å²) in [6.07, 6.45) is 0.490. The molecule has 0 bridgehead atoms. The number of nitrogens with zero attached hydrogens (tertiary/aromatic N) is 1. The topological polar surface area (TPSA) is 118 Å². The molecule has 148 valence electrons. The zero-order valence-corrected chi connectivity index (χ0v) is 15.5. The second-order valence-corrected chi connectivity index (χ2v) is 5.63. The SMILES string of the molecule is COC(=O)CN(C)C(=N)NC(=O)OCCCCOC(=O)Cc1ccccc1. The number of alkyl carbamates (subject to hydrolysis) is 1. The molecule has 2 N–H and O–H groups in total. The molecule has 0 spiro atoms. The lowest BCUT2D eigenvalue weighted by molar-refractivity contribution is -0.143. The molecule has 0 radical (unpaired) electrons. The highest BCUT2D eigenvalue weighted by atomic mass is 16.6. The molecule has 0 aliphatic rings. The Kier molecular flexibility index (Phi) is 9.98. The van der Waals surface area contributed by atoms with E-state index in [1.807, 2.05) is 30.3 Å². The highest BCUT2D eigenvalue weighted by Gasteiger charge is 2.13. The fraction of sp³-hybridized carbons (Fsp3) is 0.444. The maximum Gasteiger partial charge on any atom is 0.413 e. The summed E-state index contributed by atoms with van der Waals surface area (Å²) in [5, 5.41) is 9.83. The van der Waals surface area contributed by atoms with Crippen molar-refractivity contribution < 1.29 is 28.6 Å². The van der Waals surface area contributed by atoms with E-state index in [2.05, 4.69) is 10.1 Å². The number of unbranched alkanes of at least 4 members (excludes halogenated alkanes) is 1. The Morgan fingerprint density at radius 3 is 2.30 bits per heavy atom. The summed E-state index contributed by atoms with van der Waals surface area (Å²) in [7, 11) is 2.70. The smallest absolute Gasteiger partial charge is 0.413 e. The first-order valence-electron chi connectivity index (χ1n) is 8.42. The van der Waals surface area contributed by atoms with E-state index in [4.69, 9.17) is 14.9 Å². The zero-order chi connectivity index (χ0) is 20.1. The van der Waals surface area contributed by atoms with Crippen LogP contribution in [0.25, 0.3) is 0 Å². The molecule has 0 atom stereocenters. The van der Waals surface area contributed by atoms with Crippen molar-refractivity contribution in [1.29, 1.82) is 5.41 Å². The highest BCUT2D eigenvalue weighted by Crippen LogP contribution is 2.01. The number of hydrogen-bond donors (Lipinski definition) is 2. The number of nitrogens with one attached hydrogen (secondary N) is 2. The lowest BCUT2D eigenvalue weighted by atomic mass is 10.2. The summed E-state index contributed by atoms with van der Waals surface area (Å²) in [6.45, 7) is 0.203. The van der Waals surface area contributed by atoms with Crippen LogP contribution in [0.1, 0.15) is 18.4 Å². The standard InChI is InChI=1S/C18H25N3O6/c1-21(13-16(23)25-2)17(19)20-18(24)27-11-7-6-10-26-15(22)12-14-8-4-3-5-9-14/h3-5,8-9H,6-7,10-13H2,1-2H3,(H2,19,20,24). The van der Waals surface area contributed by atoms with Gasteiger partial charge in [0.2, 0.25) is 5.96 Å². The minimum Gasteiger partial charge on any atom is -0.468 e. The molecule has 9 nitrogen and oxygen atoms in total. The monoisotopic (exact) mass is 379 g/mol. The Morgan fingerprint density at radius 1 is 1.04 bits per heavy atom. The Bertz CT molecular complexity index is 635. The molecule has 0 aromatic heterocycles. The Hall–Kier alpha value is -3.10. The Labute approximate surface area is 158 Å². The first-order chi connectivity index (χ1) is 12.9. The van der Waals surface area contributed by atoms with Gasteiger partial charge in [0.25, 0.3) is 0 Å². The zero-order valence-electron chi connectivity index (χ0n) is 15.5. The number of guanidine groups is 1. The number of ether oxygens (including phenoxy) is 3. The van der Waals surface area contributed by atoms with Gasteiger partial charge in [0, 0.05) is 7.05 Å². The van der Waals surface area contributed by atoms with Gasteiger partial charge < -0.3 is 19.1 Å². The van der Waals surface area contributed by atoms with Crippen LogP contribution in [-0.4, -0.2) is 62.8 Å². The summed E-state index contributed by atoms with van der Waals surface area (Å²) in [5.41, 5.74) is 0.891. The Morgan fingerprint density at radius 2 is 1.67 bits per heavy atom. The molecular formula is C18H25N3O6. The van der Waals surface area contributed by atoms with Crippen LogP contribution in [-0.2, 0) is 30.2 Å². The van der Waals surface area contributed by atoms with Gasteiger partial charge in [-0.2, -0.15) is 0 Å². The van der Waals surface area contributed by atoms with Gasteiger partial charge in [0.1, 0.15) is 6.54 Å². The maximum atomic E-state index is 11.7. The van der Waals surface area contributed by atoms with Gasteiger partial charge in [-0.15, -0.1) is 0 Å². The van der Waals surface area contributed by atoms with Crippen molar-refractivity contribution >= 4 is 24.0 Å². The maximum absolute atomic E-state index is 11.7. The number of rotatable bonds is 9. The van der Waals surface area contributed by atoms with E-state index >= 15 is 0 Å². The molecule has 1 aromatic carbocycles. The normalized spacial score (nSPS) is 9.85. The molecule has 1 amide bonds. The van der Waals surface area contributed by atoms with Crippen molar-refractivity contribution in [1.82, 2.24) is 10.2 Å². The van der Waals surface area contributed by atoms with Crippen LogP contribution in [0.15, 0.2) is 30.3 Å². The molecule has 0 saturated carbocycles. The summed E-state index contributed by atoms with van der Waals surface area (Å²) < 4.78 is 14.5. The van der Waals surface area contributed by atoms with Crippen LogP contribution < -0.4 is 5.32 Å². The van der Waals surface area contributed by atoms with E-state index < -0.39 is 12.1 Å². The number of esters is 2. The summed E-state index contributed by atoms with van der Waals surface area (Å²) in [6, 6.07) is 9.31. The van der Waals surface area contributed by atoms with E-state index in [0.717, 1.165) is 5.56 Å². The number of methoxy groups -OCH3 is 1. The second-order valence-electron chi connectivity index (χ2n) is 5.63. The number of hydrogen-bond acceptors (Lipinski definition) is 7. The molecule has 0 unspecified atom stereocenters. The predicted molar refractivity (Wildman–Crippen MR) is 97.2 cm³/mol. The van der Waals surface area contributed by atoms with Crippen molar-refractivity contribution in [2.45, 2.75) is 19.3 Å². The number of likely N-dealkylation sites (N-methyl/N-ethyl adjacent to an activating group) is 1. The van der Waals surface area contributed by atoms with Crippen LogP contribution in [0.5, 0.6) is 0 Å². The molecule has 0 aliphatic carbocycles. The lowest BCUT2D eigenvalue weighted by Crippen LogP contribution is -2.43. The van der Waals surface area contributed by atoms with Crippen LogP contribution in [0.3, 0.4) is 0 Å². The highest BCUT2D eigenvalue weighted by molar-refractivity contribution is 5.93. The van der Waals surface area contributed by atoms with Gasteiger partial charge in [-0.25, -0.2) is 4.79 Å². The van der Waals surface area contributed by atoms with Crippen LogP contribution in [0, 0.1) is 5.41 Å². The minimum absolute atomic E-state index is 0.121. The molecule has 0 heterocycles. The Balaban J connectivity index is 2.08. The summed E-state index contributed by atoms with van der Waals surface area (Å²) in [5.74, 6) is -1.11. The molecule has 0 aliphatic heterocycles. The van der Waals surface area contributed by atoms with Gasteiger partial charge in [0.05, 0.1) is 26.7 Å². The number of benzene rings is 1. The minimum atomic E-state index is -0.794. The largest absolute Gasteiger partial charge is 0.468 e. The number of carbonyl (C=O) groups excluding carboxylic acids is 3. The third kappa shape index (κ3) is 9.83. The molecule has 27 heavy (non-hydrogen) atoms. The third-order valence-electron chi connectivity index (χ3n) is 3.42. The summed E-state index contributed by atoms with van der Waals surface area (Å²) in [4.78, 5) is 35.5. The fourth-order valence-electron chi connectivity index (χ4n) is 1.93. The predicted octanol–water partition coefficient (Wildman–Crippen LogP) is 1.32. The quantitative estimate of drug-likeness (QED) is 0.218. The van der Waals surface area contributed by atoms with Crippen molar-refractivity contribution in [2.24, 2.45) is 0 Å². The van der Waals surface area contributed by atoms with Crippen molar-refractivity contribution in [3.05, 3.63) is 35.9 Å². The van der Waals surface area contributed by atoms with E-state index in [0.29, 0.717) is 12.8 Å². The lowest BCUT2D eigenvalue weighted by Gasteiger charge is -2.18. The van der Waals surface area contributed by atoms with Crippen LogP contribution in [0.4, 0.5) is 4.79 Å². The van der Waals surface area contributed by atoms with Crippen LogP contribution >= 0.6 is 0 Å². The van der Waals surface area contributed by atoms with Gasteiger partial charge in [-0.05, 0) is 18.4 Å². The molecule has 1 rings (SSSR count). The van der Waals surface area contributed by atoms with Crippen LogP contribution in [0.2, 0.25) is 0 Å². The first-order valence-corrected chi connectivity index (χ1v) is 8.42. The molecule has 9 heteroatoms. The van der Waals surface area contributed by atoms with Gasteiger partial charge in [-0.1, -0.05) is 30.3 Å². The van der Waals surface area contributed by atoms with E-state index in [1.54, 1.807) is 0 Å². The van der Waals surface area contributed by atoms with Crippen molar-refractivity contribution in [2.75, 3.05) is 33.9 Å². The number of amides is 1. The average molecular weight is 379 g/mol.